The second-order valence-electron chi connectivity index (χ2n) is 7.93. The summed E-state index contributed by atoms with van der Waals surface area (Å²) >= 11 is 0. The average Bonchev–Trinajstić information content (AvgIpc) is 3.23. The number of Topliss-reactive ketones (excluding diaryl/α,β-unsaturated/α-hetero) is 1. The number of aromatic amines is 1. The van der Waals surface area contributed by atoms with Crippen molar-refractivity contribution in [2.24, 2.45) is 0 Å². The number of aromatic nitrogens is 1. The summed E-state index contributed by atoms with van der Waals surface area (Å²) in [5.41, 5.74) is 3.26. The first-order valence-electron chi connectivity index (χ1n) is 10.6. The Morgan fingerprint density at radius 1 is 1.03 bits per heavy atom. The quantitative estimate of drug-likeness (QED) is 0.578. The predicted molar refractivity (Wildman–Crippen MR) is 124 cm³/mol. The van der Waals surface area contributed by atoms with E-state index in [1.54, 1.807) is 25.3 Å². The molecule has 3 aromatic rings. The van der Waals surface area contributed by atoms with Gasteiger partial charge in [-0.2, -0.15) is 0 Å². The van der Waals surface area contributed by atoms with Crippen molar-refractivity contribution in [3.8, 4) is 11.5 Å². The molecule has 0 aliphatic carbocycles. The number of urea groups is 1. The number of nitrogens with zero attached hydrogens (tertiary/aromatic N) is 2. The fourth-order valence-electron chi connectivity index (χ4n) is 3.97. The van der Waals surface area contributed by atoms with Gasteiger partial charge in [0.15, 0.2) is 5.78 Å². The molecule has 1 aromatic heterocycles. The Bertz CT molecular complexity index is 1130. The van der Waals surface area contributed by atoms with Gasteiger partial charge in [0.1, 0.15) is 11.5 Å². The van der Waals surface area contributed by atoms with Crippen molar-refractivity contribution < 1.29 is 19.1 Å². The molecule has 0 spiro atoms. The van der Waals surface area contributed by atoms with Crippen LogP contribution in [0.3, 0.4) is 0 Å². The van der Waals surface area contributed by atoms with E-state index >= 15 is 0 Å². The monoisotopic (exact) mass is 436 g/mol. The summed E-state index contributed by atoms with van der Waals surface area (Å²) in [5.74, 6) is 1.39. The van der Waals surface area contributed by atoms with Gasteiger partial charge in [-0.05, 0) is 42.8 Å². The smallest absolute Gasteiger partial charge is 0.322 e. The second kappa shape index (κ2) is 9.32. The molecule has 0 unspecified atom stereocenters. The first-order valence-corrected chi connectivity index (χ1v) is 10.6. The van der Waals surface area contributed by atoms with E-state index in [-0.39, 0.29) is 11.8 Å². The molecule has 4 rings (SSSR count). The zero-order valence-corrected chi connectivity index (χ0v) is 18.6. The first kappa shape index (κ1) is 21.7. The minimum Gasteiger partial charge on any atom is -0.497 e. The molecule has 1 fully saturated rings. The minimum absolute atomic E-state index is 0.0481. The van der Waals surface area contributed by atoms with Crippen LogP contribution in [0.15, 0.2) is 42.6 Å². The Morgan fingerprint density at radius 3 is 2.53 bits per heavy atom. The Labute approximate surface area is 187 Å². The lowest BCUT2D eigenvalue weighted by Gasteiger charge is -2.34. The molecule has 0 bridgehead atoms. The number of fused-ring (bicyclic) bond motifs is 1. The zero-order valence-electron chi connectivity index (χ0n) is 18.6. The molecule has 1 aliphatic rings. The van der Waals surface area contributed by atoms with Crippen LogP contribution in [-0.2, 0) is 0 Å². The number of benzene rings is 2. The normalized spacial score (nSPS) is 14.4. The molecule has 8 heteroatoms. The number of carbonyl (C=O) groups is 2. The topological polar surface area (TPSA) is 86.9 Å². The summed E-state index contributed by atoms with van der Waals surface area (Å²) in [6.07, 6.45) is 1.76. The standard InChI is InChI=1S/C24H28N4O4/c1-16-4-7-23(32-3)21(12-16)26-24(30)28-10-8-27(9-11-28)15-22(29)19-14-25-20-6-5-17(31-2)13-18(19)20/h4-7,12-14,25H,8-11,15H2,1-3H3,(H,26,30). The number of rotatable bonds is 6. The van der Waals surface area contributed by atoms with Crippen molar-refractivity contribution in [1.29, 1.82) is 0 Å². The lowest BCUT2D eigenvalue weighted by Crippen LogP contribution is -2.51. The van der Waals surface area contributed by atoms with Gasteiger partial charge >= 0.3 is 6.03 Å². The van der Waals surface area contributed by atoms with Gasteiger partial charge in [0.2, 0.25) is 0 Å². The zero-order chi connectivity index (χ0) is 22.7. The van der Waals surface area contributed by atoms with Crippen LogP contribution in [0.1, 0.15) is 15.9 Å². The van der Waals surface area contributed by atoms with Crippen LogP contribution in [0.5, 0.6) is 11.5 Å². The second-order valence-corrected chi connectivity index (χ2v) is 7.93. The summed E-state index contributed by atoms with van der Waals surface area (Å²) in [6.45, 7) is 4.65. The Kier molecular flexibility index (Phi) is 6.32. The third-order valence-electron chi connectivity index (χ3n) is 5.81. The molecule has 168 valence electrons. The molecule has 8 nitrogen and oxygen atoms in total. The van der Waals surface area contributed by atoms with E-state index < -0.39 is 0 Å². The predicted octanol–water partition coefficient (Wildman–Crippen LogP) is 3.53. The van der Waals surface area contributed by atoms with Gasteiger partial charge in [0, 0.05) is 48.8 Å². The molecule has 0 atom stereocenters. The first-order chi connectivity index (χ1) is 15.5. The van der Waals surface area contributed by atoms with Gasteiger partial charge in [-0.15, -0.1) is 0 Å². The van der Waals surface area contributed by atoms with Gasteiger partial charge in [-0.1, -0.05) is 6.07 Å². The SMILES string of the molecule is COc1ccc2[nH]cc(C(=O)CN3CCN(C(=O)Nc4cc(C)ccc4OC)CC3)c2c1. The number of anilines is 1. The van der Waals surface area contributed by atoms with E-state index in [1.165, 1.54) is 0 Å². The highest BCUT2D eigenvalue weighted by Gasteiger charge is 2.24. The number of methoxy groups -OCH3 is 2. The number of H-pyrrole nitrogens is 1. The highest BCUT2D eigenvalue weighted by atomic mass is 16.5. The summed E-state index contributed by atoms with van der Waals surface area (Å²) < 4.78 is 10.6. The van der Waals surface area contributed by atoms with Crippen molar-refractivity contribution >= 4 is 28.4 Å². The third-order valence-corrected chi connectivity index (χ3v) is 5.81. The Morgan fingerprint density at radius 2 is 1.81 bits per heavy atom. The summed E-state index contributed by atoms with van der Waals surface area (Å²) in [7, 11) is 3.19. The van der Waals surface area contributed by atoms with Crippen LogP contribution >= 0.6 is 0 Å². The van der Waals surface area contributed by atoms with Crippen LogP contribution in [0.25, 0.3) is 10.9 Å². The Hall–Kier alpha value is -3.52. The summed E-state index contributed by atoms with van der Waals surface area (Å²) in [6, 6.07) is 11.2. The molecule has 0 saturated carbocycles. The van der Waals surface area contributed by atoms with E-state index in [4.69, 9.17) is 9.47 Å². The highest BCUT2D eigenvalue weighted by Crippen LogP contribution is 2.26. The van der Waals surface area contributed by atoms with Crippen LogP contribution < -0.4 is 14.8 Å². The molecule has 32 heavy (non-hydrogen) atoms. The molecule has 2 aromatic carbocycles. The molecule has 1 aliphatic heterocycles. The maximum Gasteiger partial charge on any atom is 0.322 e. The van der Waals surface area contributed by atoms with Crippen molar-refractivity contribution in [3.63, 3.8) is 0 Å². The van der Waals surface area contributed by atoms with Crippen LogP contribution in [0, 0.1) is 6.92 Å². The Balaban J connectivity index is 1.34. The van der Waals surface area contributed by atoms with Crippen molar-refractivity contribution in [3.05, 3.63) is 53.7 Å². The number of ketones is 1. The largest absolute Gasteiger partial charge is 0.497 e. The minimum atomic E-state index is -0.163. The molecule has 2 N–H and O–H groups in total. The lowest BCUT2D eigenvalue weighted by molar-refractivity contribution is 0.0885. The van der Waals surface area contributed by atoms with Gasteiger partial charge in [0.05, 0.1) is 26.5 Å². The molecule has 2 heterocycles. The number of nitrogens with one attached hydrogen (secondary N) is 2. The van der Waals surface area contributed by atoms with Crippen molar-refractivity contribution in [1.82, 2.24) is 14.8 Å². The van der Waals surface area contributed by atoms with Crippen molar-refractivity contribution in [2.75, 3.05) is 52.3 Å². The van der Waals surface area contributed by atoms with E-state index in [1.807, 2.05) is 43.3 Å². The van der Waals surface area contributed by atoms with E-state index in [2.05, 4.69) is 15.2 Å². The average molecular weight is 437 g/mol. The number of carbonyl (C=O) groups excluding carboxylic acids is 2. The van der Waals surface area contributed by atoms with Gasteiger partial charge in [-0.25, -0.2) is 4.79 Å². The van der Waals surface area contributed by atoms with Crippen LogP contribution in [0.2, 0.25) is 0 Å². The van der Waals surface area contributed by atoms with Gasteiger partial charge in [-0.3, -0.25) is 9.69 Å². The number of hydrogen-bond donors (Lipinski definition) is 2. The van der Waals surface area contributed by atoms with Crippen LogP contribution in [0.4, 0.5) is 10.5 Å². The number of hydrogen-bond acceptors (Lipinski definition) is 5. The molecule has 1 saturated heterocycles. The fraction of sp³-hybridized carbons (Fsp3) is 0.333. The lowest BCUT2D eigenvalue weighted by atomic mass is 10.1. The van der Waals surface area contributed by atoms with E-state index in [9.17, 15) is 9.59 Å². The number of ether oxygens (including phenoxy) is 2. The molecular weight excluding hydrogens is 408 g/mol. The summed E-state index contributed by atoms with van der Waals surface area (Å²) in [5, 5.41) is 3.80. The summed E-state index contributed by atoms with van der Waals surface area (Å²) in [4.78, 5) is 32.7. The van der Waals surface area contributed by atoms with Crippen LogP contribution in [-0.4, -0.2) is 73.5 Å². The number of amides is 2. The fourth-order valence-corrected chi connectivity index (χ4v) is 3.97. The molecular formula is C24H28N4O4. The number of aryl methyl sites for hydroxylation is 1. The third kappa shape index (κ3) is 4.55. The van der Waals surface area contributed by atoms with E-state index in [0.29, 0.717) is 49.7 Å². The van der Waals surface area contributed by atoms with Crippen molar-refractivity contribution in [2.45, 2.75) is 6.92 Å². The maximum atomic E-state index is 12.9. The van der Waals surface area contributed by atoms with Gasteiger partial charge < -0.3 is 24.7 Å². The highest BCUT2D eigenvalue weighted by molar-refractivity contribution is 6.09. The maximum absolute atomic E-state index is 12.9. The number of piperazine rings is 1. The molecule has 0 radical (unpaired) electrons. The van der Waals surface area contributed by atoms with Gasteiger partial charge in [0.25, 0.3) is 0 Å². The molecule has 2 amide bonds. The van der Waals surface area contributed by atoms with E-state index in [0.717, 1.165) is 22.2 Å².